The smallest absolute Gasteiger partial charge is 0.298 e. The molecule has 5 rings (SSSR count). The number of hydrogen-bond donors (Lipinski definition) is 0. The molecule has 0 radical (unpaired) electrons. The molecule has 2 fully saturated rings. The normalized spacial score (nSPS) is 17.5. The molecule has 1 aliphatic heterocycles. The summed E-state index contributed by atoms with van der Waals surface area (Å²) in [6, 6.07) is 17.7. The molecule has 1 saturated heterocycles. The number of benzene rings is 2. The molecule has 0 bridgehead atoms. The Morgan fingerprint density at radius 2 is 1.77 bits per heavy atom. The summed E-state index contributed by atoms with van der Waals surface area (Å²) in [4.78, 5) is 22.3. The molecule has 162 valence electrons. The lowest BCUT2D eigenvalue weighted by Gasteiger charge is -2.33. The van der Waals surface area contributed by atoms with Crippen LogP contribution in [0.5, 0.6) is 0 Å². The minimum Gasteiger partial charge on any atom is -0.423 e. The highest BCUT2D eigenvalue weighted by molar-refractivity contribution is 5.80. The van der Waals surface area contributed by atoms with Gasteiger partial charge in [0.2, 0.25) is 5.91 Å². The maximum atomic E-state index is 13.4. The number of amides is 1. The van der Waals surface area contributed by atoms with E-state index in [0.29, 0.717) is 23.9 Å². The van der Waals surface area contributed by atoms with E-state index in [0.717, 1.165) is 56.4 Å². The highest BCUT2D eigenvalue weighted by atomic mass is 16.4. The number of oxazole rings is 1. The number of carbonyl (C=O) groups excluding carboxylic acids is 1. The van der Waals surface area contributed by atoms with Crippen molar-refractivity contribution in [3.05, 3.63) is 59.7 Å². The Kier molecular flexibility index (Phi) is 5.43. The van der Waals surface area contributed by atoms with Gasteiger partial charge in [0.25, 0.3) is 6.01 Å². The largest absolute Gasteiger partial charge is 0.423 e. The van der Waals surface area contributed by atoms with Crippen LogP contribution in [0.1, 0.15) is 56.6 Å². The van der Waals surface area contributed by atoms with Gasteiger partial charge in [-0.15, -0.1) is 0 Å². The molecule has 2 heterocycles. The van der Waals surface area contributed by atoms with E-state index in [1.807, 2.05) is 24.3 Å². The summed E-state index contributed by atoms with van der Waals surface area (Å²) in [6.07, 6.45) is 3.98. The van der Waals surface area contributed by atoms with Gasteiger partial charge in [0, 0.05) is 31.6 Å². The van der Waals surface area contributed by atoms with Crippen molar-refractivity contribution < 1.29 is 9.21 Å². The Morgan fingerprint density at radius 1 is 1.06 bits per heavy atom. The molecule has 3 aromatic rings. The monoisotopic (exact) mass is 417 g/mol. The lowest BCUT2D eigenvalue weighted by Crippen LogP contribution is -2.43. The lowest BCUT2D eigenvalue weighted by molar-refractivity contribution is -0.137. The average molecular weight is 418 g/mol. The lowest BCUT2D eigenvalue weighted by atomic mass is 9.95. The van der Waals surface area contributed by atoms with Gasteiger partial charge in [0.05, 0.1) is 0 Å². The van der Waals surface area contributed by atoms with Crippen molar-refractivity contribution in [2.75, 3.05) is 18.0 Å². The number of rotatable bonds is 6. The number of piperidine rings is 1. The predicted molar refractivity (Wildman–Crippen MR) is 123 cm³/mol. The second-order valence-corrected chi connectivity index (χ2v) is 9.32. The number of hydrogen-bond acceptors (Lipinski definition) is 4. The van der Waals surface area contributed by atoms with Gasteiger partial charge in [-0.1, -0.05) is 50.2 Å². The Morgan fingerprint density at radius 3 is 2.42 bits per heavy atom. The second-order valence-electron chi connectivity index (χ2n) is 9.32. The van der Waals surface area contributed by atoms with Gasteiger partial charge < -0.3 is 14.2 Å². The summed E-state index contributed by atoms with van der Waals surface area (Å²) in [5.41, 5.74) is 4.28. The first kappa shape index (κ1) is 20.1. The molecular formula is C26H31N3O2. The molecule has 5 nitrogen and oxygen atoms in total. The number of carbonyl (C=O) groups is 1. The molecule has 1 aromatic heterocycles. The first-order chi connectivity index (χ1) is 15.1. The standard InChI is InChI=1S/C26H31N3O2/c1-18(2)20-9-7-19(8-10-20)17-29(22-11-12-22)25(30)21-13-15-28(16-14-21)26-27-23-5-3-4-6-24(23)31-26/h3-10,18,21-22H,11-17H2,1-2H3. The van der Waals surface area contributed by atoms with Crippen molar-refractivity contribution in [3.63, 3.8) is 0 Å². The molecule has 31 heavy (non-hydrogen) atoms. The highest BCUT2D eigenvalue weighted by Crippen LogP contribution is 2.33. The zero-order valence-corrected chi connectivity index (χ0v) is 18.5. The molecular weight excluding hydrogens is 386 g/mol. The third kappa shape index (κ3) is 4.32. The quantitative estimate of drug-likeness (QED) is 0.542. The Hall–Kier alpha value is -2.82. The van der Waals surface area contributed by atoms with Crippen molar-refractivity contribution in [2.24, 2.45) is 5.92 Å². The summed E-state index contributed by atoms with van der Waals surface area (Å²) >= 11 is 0. The third-order valence-corrected chi connectivity index (χ3v) is 6.67. The number of aromatic nitrogens is 1. The van der Waals surface area contributed by atoms with E-state index in [4.69, 9.17) is 4.42 Å². The molecule has 0 spiro atoms. The fourth-order valence-corrected chi connectivity index (χ4v) is 4.53. The van der Waals surface area contributed by atoms with Crippen LogP contribution in [0.2, 0.25) is 0 Å². The van der Waals surface area contributed by atoms with Crippen LogP contribution < -0.4 is 4.90 Å². The van der Waals surface area contributed by atoms with Crippen LogP contribution in [0.15, 0.2) is 52.9 Å². The van der Waals surface area contributed by atoms with E-state index in [1.54, 1.807) is 0 Å². The van der Waals surface area contributed by atoms with Gasteiger partial charge in [-0.25, -0.2) is 0 Å². The minimum atomic E-state index is 0.0937. The number of nitrogens with zero attached hydrogens (tertiary/aromatic N) is 3. The van der Waals surface area contributed by atoms with Gasteiger partial charge in [0.15, 0.2) is 5.58 Å². The van der Waals surface area contributed by atoms with E-state index >= 15 is 0 Å². The zero-order valence-electron chi connectivity index (χ0n) is 18.5. The van der Waals surface area contributed by atoms with Gasteiger partial charge in [-0.05, 0) is 54.9 Å². The SMILES string of the molecule is CC(C)c1ccc(CN(C(=O)C2CCN(c3nc4ccccc4o3)CC2)C2CC2)cc1. The van der Waals surface area contributed by atoms with E-state index in [2.05, 4.69) is 52.9 Å². The van der Waals surface area contributed by atoms with Crippen LogP contribution in [-0.4, -0.2) is 34.9 Å². The van der Waals surface area contributed by atoms with Crippen molar-refractivity contribution in [3.8, 4) is 0 Å². The first-order valence-corrected chi connectivity index (χ1v) is 11.6. The summed E-state index contributed by atoms with van der Waals surface area (Å²) in [6.45, 7) is 6.77. The molecule has 1 amide bonds. The summed E-state index contributed by atoms with van der Waals surface area (Å²) in [7, 11) is 0. The average Bonchev–Trinajstić information content (AvgIpc) is 3.55. The summed E-state index contributed by atoms with van der Waals surface area (Å²) < 4.78 is 5.92. The van der Waals surface area contributed by atoms with Gasteiger partial charge in [0.1, 0.15) is 5.52 Å². The van der Waals surface area contributed by atoms with E-state index in [1.165, 1.54) is 11.1 Å². The van der Waals surface area contributed by atoms with E-state index < -0.39 is 0 Å². The number of anilines is 1. The third-order valence-electron chi connectivity index (χ3n) is 6.67. The minimum absolute atomic E-state index is 0.0937. The summed E-state index contributed by atoms with van der Waals surface area (Å²) in [5.74, 6) is 0.950. The van der Waals surface area contributed by atoms with E-state index in [-0.39, 0.29) is 5.92 Å². The van der Waals surface area contributed by atoms with Crippen LogP contribution in [0.25, 0.3) is 11.1 Å². The molecule has 2 aliphatic rings. The molecule has 5 heteroatoms. The first-order valence-electron chi connectivity index (χ1n) is 11.6. The van der Waals surface area contributed by atoms with Crippen LogP contribution in [0.3, 0.4) is 0 Å². The van der Waals surface area contributed by atoms with Crippen molar-refractivity contribution in [1.82, 2.24) is 9.88 Å². The van der Waals surface area contributed by atoms with Crippen molar-refractivity contribution >= 4 is 23.0 Å². The Bertz CT molecular complexity index is 1010. The molecule has 0 unspecified atom stereocenters. The zero-order chi connectivity index (χ0) is 21.4. The highest BCUT2D eigenvalue weighted by Gasteiger charge is 2.37. The maximum absolute atomic E-state index is 13.4. The predicted octanol–water partition coefficient (Wildman–Crippen LogP) is 5.36. The summed E-state index contributed by atoms with van der Waals surface area (Å²) in [5, 5.41) is 0. The van der Waals surface area contributed by atoms with Crippen molar-refractivity contribution in [1.29, 1.82) is 0 Å². The van der Waals surface area contributed by atoms with Crippen LogP contribution in [0.4, 0.5) is 6.01 Å². The van der Waals surface area contributed by atoms with Crippen LogP contribution in [0, 0.1) is 5.92 Å². The molecule has 2 aromatic carbocycles. The van der Waals surface area contributed by atoms with E-state index in [9.17, 15) is 4.79 Å². The van der Waals surface area contributed by atoms with Crippen LogP contribution >= 0.6 is 0 Å². The second kappa shape index (κ2) is 8.37. The fraction of sp³-hybridized carbons (Fsp3) is 0.462. The maximum Gasteiger partial charge on any atom is 0.298 e. The van der Waals surface area contributed by atoms with Crippen LogP contribution in [-0.2, 0) is 11.3 Å². The Labute approximate surface area is 184 Å². The van der Waals surface area contributed by atoms with Gasteiger partial charge >= 0.3 is 0 Å². The topological polar surface area (TPSA) is 49.6 Å². The molecule has 0 N–H and O–H groups in total. The molecule has 0 atom stereocenters. The number of para-hydroxylation sites is 2. The van der Waals surface area contributed by atoms with Gasteiger partial charge in [-0.2, -0.15) is 4.98 Å². The molecule has 1 saturated carbocycles. The van der Waals surface area contributed by atoms with Gasteiger partial charge in [-0.3, -0.25) is 4.79 Å². The number of fused-ring (bicyclic) bond motifs is 1. The molecule has 1 aliphatic carbocycles. The Balaban J connectivity index is 1.22. The van der Waals surface area contributed by atoms with Crippen molar-refractivity contribution in [2.45, 2.75) is 58.0 Å². The fourth-order valence-electron chi connectivity index (χ4n) is 4.53.